The first kappa shape index (κ1) is 23.4. The van der Waals surface area contributed by atoms with Crippen LogP contribution in [0.5, 0.6) is 0 Å². The second-order valence-corrected chi connectivity index (χ2v) is 14.6. The molecule has 0 heterocycles. The van der Waals surface area contributed by atoms with Gasteiger partial charge < -0.3 is 10.2 Å². The lowest BCUT2D eigenvalue weighted by molar-refractivity contribution is -0.253. The molecule has 11 atom stereocenters. The third-order valence-corrected chi connectivity index (χ3v) is 13.6. The van der Waals surface area contributed by atoms with Crippen LogP contribution in [0.3, 0.4) is 0 Å². The highest BCUT2D eigenvalue weighted by molar-refractivity contribution is 5.21. The van der Waals surface area contributed by atoms with Crippen molar-refractivity contribution in [3.8, 4) is 0 Å². The molecule has 0 unspecified atom stereocenters. The van der Waals surface area contributed by atoms with Gasteiger partial charge in [-0.2, -0.15) is 0 Å². The molecule has 5 aliphatic rings. The highest BCUT2D eigenvalue weighted by atomic mass is 16.3. The Kier molecular flexibility index (Phi) is 5.19. The van der Waals surface area contributed by atoms with Crippen molar-refractivity contribution in [3.63, 3.8) is 0 Å². The van der Waals surface area contributed by atoms with Crippen LogP contribution in [0.1, 0.15) is 106 Å². The summed E-state index contributed by atoms with van der Waals surface area (Å²) in [5, 5.41) is 21.3. The molecule has 5 aliphatic carbocycles. The Hall–Kier alpha value is -0.340. The fourth-order valence-corrected chi connectivity index (χ4v) is 11.5. The average molecular weight is 443 g/mol. The maximum Gasteiger partial charge on any atom is 0.0618 e. The number of rotatable bonds is 2. The highest BCUT2D eigenvalue weighted by Crippen LogP contribution is 2.77. The number of aliphatic hydroxyl groups is 2. The maximum atomic E-state index is 10.9. The molecule has 2 N–H and O–H groups in total. The lowest BCUT2D eigenvalue weighted by Crippen LogP contribution is -2.67. The minimum absolute atomic E-state index is 0.123. The maximum absolute atomic E-state index is 10.9. The SMILES string of the molecule is C=C(C)[C@@H]1CC[C@]2(C)CC[C@]3(C)[C@H](CC[C@@H]4[C@@]5(C)CC[C@@H](O)[C@@](C)(CO)[C@@H]5CC[C@]43C)[C@@H]12. The van der Waals surface area contributed by atoms with E-state index in [4.69, 9.17) is 0 Å². The lowest BCUT2D eigenvalue weighted by Gasteiger charge is -2.73. The fourth-order valence-electron chi connectivity index (χ4n) is 11.5. The quantitative estimate of drug-likeness (QED) is 0.452. The summed E-state index contributed by atoms with van der Waals surface area (Å²) in [6.45, 7) is 19.6. The molecule has 0 radical (unpaired) electrons. The van der Waals surface area contributed by atoms with Gasteiger partial charge in [0.15, 0.2) is 0 Å². The van der Waals surface area contributed by atoms with Crippen LogP contribution in [0.15, 0.2) is 12.2 Å². The van der Waals surface area contributed by atoms with E-state index in [0.29, 0.717) is 28.1 Å². The van der Waals surface area contributed by atoms with E-state index in [1.807, 2.05) is 0 Å². The molecular formula is C30H50O2. The zero-order valence-corrected chi connectivity index (χ0v) is 21.8. The van der Waals surface area contributed by atoms with E-state index in [9.17, 15) is 10.2 Å². The number of aliphatic hydroxyl groups excluding tert-OH is 2. The van der Waals surface area contributed by atoms with Gasteiger partial charge in [-0.15, -0.1) is 0 Å². The molecule has 5 rings (SSSR count). The predicted octanol–water partition coefficient (Wildman–Crippen LogP) is 7.00. The molecule has 5 fully saturated rings. The van der Waals surface area contributed by atoms with E-state index in [1.165, 1.54) is 56.9 Å². The Morgan fingerprint density at radius 3 is 2.19 bits per heavy atom. The summed E-state index contributed by atoms with van der Waals surface area (Å²) in [5.41, 5.74) is 2.62. The predicted molar refractivity (Wildman–Crippen MR) is 132 cm³/mol. The molecule has 5 saturated carbocycles. The molecule has 0 bridgehead atoms. The highest BCUT2D eigenvalue weighted by Gasteiger charge is 2.70. The summed E-state index contributed by atoms with van der Waals surface area (Å²) in [6, 6.07) is 0. The molecule has 0 aromatic carbocycles. The van der Waals surface area contributed by atoms with Crippen molar-refractivity contribution in [2.45, 2.75) is 112 Å². The first-order valence-corrected chi connectivity index (χ1v) is 13.8. The second kappa shape index (κ2) is 7.09. The molecule has 2 heteroatoms. The summed E-state index contributed by atoms with van der Waals surface area (Å²) in [6.07, 6.45) is 12.3. The molecular weight excluding hydrogens is 392 g/mol. The Balaban J connectivity index is 1.54. The van der Waals surface area contributed by atoms with Gasteiger partial charge in [-0.25, -0.2) is 0 Å². The van der Waals surface area contributed by atoms with Crippen molar-refractivity contribution in [1.82, 2.24) is 0 Å². The van der Waals surface area contributed by atoms with Gasteiger partial charge in [-0.05, 0) is 122 Å². The first-order valence-electron chi connectivity index (χ1n) is 13.8. The fraction of sp³-hybridized carbons (Fsp3) is 0.933. The third kappa shape index (κ3) is 2.66. The van der Waals surface area contributed by atoms with Crippen LogP contribution in [0.4, 0.5) is 0 Å². The van der Waals surface area contributed by atoms with Crippen LogP contribution in [0.2, 0.25) is 0 Å². The van der Waals surface area contributed by atoms with Gasteiger partial charge in [0.2, 0.25) is 0 Å². The minimum atomic E-state index is -0.355. The van der Waals surface area contributed by atoms with Crippen LogP contribution < -0.4 is 0 Å². The molecule has 32 heavy (non-hydrogen) atoms. The summed E-state index contributed by atoms with van der Waals surface area (Å²) in [5.74, 6) is 3.51. The van der Waals surface area contributed by atoms with E-state index in [-0.39, 0.29) is 23.5 Å². The second-order valence-electron chi connectivity index (χ2n) is 14.6. The van der Waals surface area contributed by atoms with Crippen LogP contribution in [0, 0.1) is 56.7 Å². The standard InChI is InChI=1S/C30H50O2/c1-19(2)20-10-13-26(3)16-17-29(6)21(25(20)26)8-9-23-27(4)14-12-24(32)28(5,18-31)22(27)11-15-30(23,29)7/h20-25,31-32H,1,8-18H2,2-7H3/t20-,21+,22+,23+,24+,25+,26+,27-,28-,29+,30+/m0/s1. The number of hydrogen-bond donors (Lipinski definition) is 2. The Bertz CT molecular complexity index is 790. The van der Waals surface area contributed by atoms with Crippen LogP contribution in [-0.4, -0.2) is 22.9 Å². The van der Waals surface area contributed by atoms with Gasteiger partial charge in [-0.3, -0.25) is 0 Å². The Morgan fingerprint density at radius 2 is 1.53 bits per heavy atom. The van der Waals surface area contributed by atoms with Gasteiger partial charge in [0.25, 0.3) is 0 Å². The van der Waals surface area contributed by atoms with Crippen molar-refractivity contribution >= 4 is 0 Å². The summed E-state index contributed by atoms with van der Waals surface area (Å²) < 4.78 is 0. The zero-order chi connectivity index (χ0) is 23.3. The van der Waals surface area contributed by atoms with Gasteiger partial charge in [-0.1, -0.05) is 46.8 Å². The van der Waals surface area contributed by atoms with Gasteiger partial charge in [0.1, 0.15) is 0 Å². The van der Waals surface area contributed by atoms with Crippen LogP contribution >= 0.6 is 0 Å². The van der Waals surface area contributed by atoms with E-state index >= 15 is 0 Å². The molecule has 182 valence electrons. The Labute approximate surface area is 197 Å². The molecule has 0 saturated heterocycles. The third-order valence-electron chi connectivity index (χ3n) is 13.6. The van der Waals surface area contributed by atoms with Crippen LogP contribution in [-0.2, 0) is 0 Å². The van der Waals surface area contributed by atoms with Gasteiger partial charge in [0, 0.05) is 5.41 Å². The summed E-state index contributed by atoms with van der Waals surface area (Å²) >= 11 is 0. The molecule has 0 amide bonds. The number of allylic oxidation sites excluding steroid dienone is 1. The smallest absolute Gasteiger partial charge is 0.0618 e. The first-order chi connectivity index (χ1) is 14.9. The van der Waals surface area contributed by atoms with Crippen molar-refractivity contribution in [2.75, 3.05) is 6.61 Å². The van der Waals surface area contributed by atoms with Gasteiger partial charge >= 0.3 is 0 Å². The average Bonchev–Trinajstić information content (AvgIpc) is 3.09. The largest absolute Gasteiger partial charge is 0.396 e. The number of fused-ring (bicyclic) bond motifs is 7. The van der Waals surface area contributed by atoms with E-state index < -0.39 is 0 Å². The summed E-state index contributed by atoms with van der Waals surface area (Å²) in [7, 11) is 0. The van der Waals surface area contributed by atoms with E-state index in [1.54, 1.807) is 0 Å². The number of hydrogen-bond acceptors (Lipinski definition) is 2. The molecule has 0 aromatic rings. The zero-order valence-electron chi connectivity index (χ0n) is 21.8. The van der Waals surface area contributed by atoms with Crippen molar-refractivity contribution in [2.24, 2.45) is 56.7 Å². The molecule has 0 spiro atoms. The monoisotopic (exact) mass is 442 g/mol. The van der Waals surface area contributed by atoms with Crippen LogP contribution in [0.25, 0.3) is 0 Å². The van der Waals surface area contributed by atoms with Gasteiger partial charge in [0.05, 0.1) is 12.7 Å². The minimum Gasteiger partial charge on any atom is -0.396 e. The molecule has 2 nitrogen and oxygen atoms in total. The topological polar surface area (TPSA) is 40.5 Å². The van der Waals surface area contributed by atoms with E-state index in [2.05, 4.69) is 48.1 Å². The van der Waals surface area contributed by atoms with E-state index in [0.717, 1.165) is 30.6 Å². The normalized spacial score (nSPS) is 59.5. The van der Waals surface area contributed by atoms with Crippen molar-refractivity contribution in [1.29, 1.82) is 0 Å². The van der Waals surface area contributed by atoms with Crippen molar-refractivity contribution in [3.05, 3.63) is 12.2 Å². The molecule has 0 aromatic heterocycles. The Morgan fingerprint density at radius 1 is 0.812 bits per heavy atom. The van der Waals surface area contributed by atoms with Crippen molar-refractivity contribution < 1.29 is 10.2 Å². The molecule has 0 aliphatic heterocycles. The summed E-state index contributed by atoms with van der Waals surface area (Å²) in [4.78, 5) is 0. The lowest BCUT2D eigenvalue weighted by atomic mass is 9.32.